The number of aromatic nitrogens is 2. The zero-order chi connectivity index (χ0) is 9.73. The minimum atomic E-state index is -3.41. The van der Waals surface area contributed by atoms with Crippen LogP contribution < -0.4 is 10.5 Å². The first-order chi connectivity index (χ1) is 6.08. The Morgan fingerprint density at radius 2 is 2.00 bits per heavy atom. The van der Waals surface area contributed by atoms with Gasteiger partial charge in [-0.25, -0.2) is 23.5 Å². The topological polar surface area (TPSA) is 98.0 Å². The fourth-order valence-corrected chi connectivity index (χ4v) is 1.08. The van der Waals surface area contributed by atoms with Gasteiger partial charge in [-0.1, -0.05) is 0 Å². The largest absolute Gasteiger partial charge is 0.353 e. The summed E-state index contributed by atoms with van der Waals surface area (Å²) in [7, 11) is -3.41. The molecule has 0 spiro atoms. The zero-order valence-corrected chi connectivity index (χ0v) is 7.66. The van der Waals surface area contributed by atoms with E-state index in [0.717, 1.165) is 0 Å². The second kappa shape index (κ2) is 4.15. The van der Waals surface area contributed by atoms with Gasteiger partial charge in [0.15, 0.2) is 0 Å². The van der Waals surface area contributed by atoms with Crippen molar-refractivity contribution in [3.8, 4) is 0 Å². The maximum atomic E-state index is 10.5. The molecular weight excluding hydrogens is 192 g/mol. The van der Waals surface area contributed by atoms with Crippen LogP contribution in [0.4, 0.5) is 5.95 Å². The molecular formula is C6H10N4O2S. The van der Waals surface area contributed by atoms with E-state index in [1.165, 1.54) is 0 Å². The molecule has 72 valence electrons. The molecule has 0 fully saturated rings. The van der Waals surface area contributed by atoms with Gasteiger partial charge in [0.1, 0.15) is 0 Å². The van der Waals surface area contributed by atoms with Crippen molar-refractivity contribution < 1.29 is 8.42 Å². The van der Waals surface area contributed by atoms with Gasteiger partial charge in [-0.2, -0.15) is 0 Å². The van der Waals surface area contributed by atoms with Gasteiger partial charge in [-0.3, -0.25) is 0 Å². The van der Waals surface area contributed by atoms with E-state index in [9.17, 15) is 8.42 Å². The highest BCUT2D eigenvalue weighted by atomic mass is 32.2. The Morgan fingerprint density at radius 3 is 2.54 bits per heavy atom. The summed E-state index contributed by atoms with van der Waals surface area (Å²) in [6.07, 6.45) is 3.12. The summed E-state index contributed by atoms with van der Waals surface area (Å²) in [6.45, 7) is 0.211. The molecule has 13 heavy (non-hydrogen) atoms. The molecule has 0 unspecified atom stereocenters. The number of anilines is 1. The lowest BCUT2D eigenvalue weighted by atomic mass is 10.6. The number of hydrogen-bond acceptors (Lipinski definition) is 5. The normalized spacial score (nSPS) is 11.2. The average molecular weight is 202 g/mol. The summed E-state index contributed by atoms with van der Waals surface area (Å²) >= 11 is 0. The minimum absolute atomic E-state index is 0.134. The molecule has 1 aromatic rings. The van der Waals surface area contributed by atoms with Crippen LogP contribution in [0.25, 0.3) is 0 Å². The van der Waals surface area contributed by atoms with E-state index >= 15 is 0 Å². The summed E-state index contributed by atoms with van der Waals surface area (Å²) in [5.41, 5.74) is 0. The molecule has 0 aromatic carbocycles. The molecule has 0 aliphatic rings. The Kier molecular flexibility index (Phi) is 3.15. The molecule has 0 bridgehead atoms. The molecule has 0 aliphatic heterocycles. The lowest BCUT2D eigenvalue weighted by Crippen LogP contribution is -2.22. The Morgan fingerprint density at radius 1 is 1.38 bits per heavy atom. The van der Waals surface area contributed by atoms with E-state index in [2.05, 4.69) is 15.3 Å². The van der Waals surface area contributed by atoms with Crippen molar-refractivity contribution in [2.24, 2.45) is 5.14 Å². The summed E-state index contributed by atoms with van der Waals surface area (Å²) in [5.74, 6) is 0.261. The number of nitrogens with two attached hydrogens (primary N) is 1. The van der Waals surface area contributed by atoms with Crippen LogP contribution >= 0.6 is 0 Å². The van der Waals surface area contributed by atoms with Crippen molar-refractivity contribution >= 4 is 16.0 Å². The Hall–Kier alpha value is -1.21. The van der Waals surface area contributed by atoms with Crippen molar-refractivity contribution in [1.29, 1.82) is 0 Å². The third-order valence-corrected chi connectivity index (χ3v) is 2.01. The zero-order valence-electron chi connectivity index (χ0n) is 6.84. The molecule has 3 N–H and O–H groups in total. The lowest BCUT2D eigenvalue weighted by Gasteiger charge is -2.01. The molecule has 1 rings (SSSR count). The van der Waals surface area contributed by atoms with Gasteiger partial charge in [0.2, 0.25) is 16.0 Å². The Balaban J connectivity index is 2.37. The summed E-state index contributed by atoms with van der Waals surface area (Å²) in [4.78, 5) is 7.68. The molecule has 0 saturated carbocycles. The second-order valence-electron chi connectivity index (χ2n) is 2.37. The molecule has 0 aliphatic carbocycles. The number of primary sulfonamides is 1. The third kappa shape index (κ3) is 4.38. The van der Waals surface area contributed by atoms with Crippen LogP contribution in [0.1, 0.15) is 0 Å². The second-order valence-corrected chi connectivity index (χ2v) is 4.10. The lowest BCUT2D eigenvalue weighted by molar-refractivity contribution is 0.598. The van der Waals surface area contributed by atoms with Gasteiger partial charge < -0.3 is 5.32 Å². The molecule has 1 heterocycles. The van der Waals surface area contributed by atoms with E-state index in [4.69, 9.17) is 5.14 Å². The first kappa shape index (κ1) is 9.87. The number of nitrogens with one attached hydrogen (secondary N) is 1. The van der Waals surface area contributed by atoms with E-state index in [-0.39, 0.29) is 12.3 Å². The number of sulfonamides is 1. The van der Waals surface area contributed by atoms with Crippen LogP contribution in [0.2, 0.25) is 0 Å². The van der Waals surface area contributed by atoms with E-state index < -0.39 is 10.0 Å². The quantitative estimate of drug-likeness (QED) is 0.664. The predicted octanol–water partition coefficient (Wildman–Crippen LogP) is -0.823. The van der Waals surface area contributed by atoms with E-state index in [0.29, 0.717) is 5.95 Å². The first-order valence-electron chi connectivity index (χ1n) is 3.59. The Bertz CT molecular complexity index is 350. The highest BCUT2D eigenvalue weighted by Crippen LogP contribution is 1.92. The summed E-state index contributed by atoms with van der Waals surface area (Å²) in [5, 5.41) is 7.51. The average Bonchev–Trinajstić information content (AvgIpc) is 2.04. The van der Waals surface area contributed by atoms with Gasteiger partial charge in [-0.05, 0) is 6.07 Å². The third-order valence-electron chi connectivity index (χ3n) is 1.24. The minimum Gasteiger partial charge on any atom is -0.353 e. The van der Waals surface area contributed by atoms with Gasteiger partial charge in [0.05, 0.1) is 5.75 Å². The van der Waals surface area contributed by atoms with Gasteiger partial charge in [-0.15, -0.1) is 0 Å². The maximum absolute atomic E-state index is 10.5. The maximum Gasteiger partial charge on any atom is 0.222 e. The van der Waals surface area contributed by atoms with Crippen LogP contribution in [-0.4, -0.2) is 30.7 Å². The number of hydrogen-bond donors (Lipinski definition) is 2. The molecule has 0 radical (unpaired) electrons. The van der Waals surface area contributed by atoms with Gasteiger partial charge in [0.25, 0.3) is 0 Å². The monoisotopic (exact) mass is 202 g/mol. The summed E-state index contributed by atoms with van der Waals surface area (Å²) in [6, 6.07) is 1.67. The van der Waals surface area contributed by atoms with E-state index in [1.807, 2.05) is 0 Å². The highest BCUT2D eigenvalue weighted by molar-refractivity contribution is 7.89. The summed E-state index contributed by atoms with van der Waals surface area (Å²) < 4.78 is 21.0. The van der Waals surface area contributed by atoms with Crippen molar-refractivity contribution in [1.82, 2.24) is 9.97 Å². The van der Waals surface area contributed by atoms with Crippen LogP contribution in [0.3, 0.4) is 0 Å². The SMILES string of the molecule is NS(=O)(=O)CCNc1ncccn1. The molecule has 0 atom stereocenters. The van der Waals surface area contributed by atoms with Gasteiger partial charge in [0, 0.05) is 18.9 Å². The Labute approximate surface area is 76.3 Å². The van der Waals surface area contributed by atoms with Gasteiger partial charge >= 0.3 is 0 Å². The van der Waals surface area contributed by atoms with Crippen molar-refractivity contribution in [3.05, 3.63) is 18.5 Å². The number of rotatable bonds is 4. The molecule has 6 nitrogen and oxygen atoms in total. The molecule has 7 heteroatoms. The fraction of sp³-hybridized carbons (Fsp3) is 0.333. The van der Waals surface area contributed by atoms with Crippen molar-refractivity contribution in [2.45, 2.75) is 0 Å². The smallest absolute Gasteiger partial charge is 0.222 e. The van der Waals surface area contributed by atoms with Crippen LogP contribution in [-0.2, 0) is 10.0 Å². The van der Waals surface area contributed by atoms with Crippen LogP contribution in [0, 0.1) is 0 Å². The van der Waals surface area contributed by atoms with E-state index in [1.54, 1.807) is 18.5 Å². The van der Waals surface area contributed by atoms with Crippen LogP contribution in [0.5, 0.6) is 0 Å². The van der Waals surface area contributed by atoms with Crippen molar-refractivity contribution in [2.75, 3.05) is 17.6 Å². The first-order valence-corrected chi connectivity index (χ1v) is 5.31. The molecule has 1 aromatic heterocycles. The van der Waals surface area contributed by atoms with Crippen molar-refractivity contribution in [3.63, 3.8) is 0 Å². The standard InChI is InChI=1S/C6H10N4O2S/c7-13(11,12)5-4-10-6-8-2-1-3-9-6/h1-3H,4-5H2,(H2,7,11,12)(H,8,9,10). The molecule has 0 amide bonds. The number of nitrogens with zero attached hydrogens (tertiary/aromatic N) is 2. The fourth-order valence-electron chi connectivity index (χ4n) is 0.695. The van der Waals surface area contributed by atoms with Crippen LogP contribution in [0.15, 0.2) is 18.5 Å². The highest BCUT2D eigenvalue weighted by Gasteiger charge is 2.01. The predicted molar refractivity (Wildman–Crippen MR) is 48.5 cm³/mol. The molecule has 0 saturated heterocycles.